The van der Waals surface area contributed by atoms with Gasteiger partial charge in [-0.05, 0) is 30.2 Å². The van der Waals surface area contributed by atoms with Crippen molar-refractivity contribution in [2.45, 2.75) is 32.2 Å². The summed E-state index contributed by atoms with van der Waals surface area (Å²) in [5.41, 5.74) is 3.06. The van der Waals surface area contributed by atoms with Crippen molar-refractivity contribution in [2.75, 3.05) is 6.54 Å². The number of carbonyl (C=O) groups is 1. The van der Waals surface area contributed by atoms with Crippen molar-refractivity contribution in [3.8, 4) is 0 Å². The molecule has 4 aromatic rings. The Bertz CT molecular complexity index is 1150. The number of halogens is 2. The number of amides is 1. The third kappa shape index (κ3) is 3.85. The van der Waals surface area contributed by atoms with Gasteiger partial charge in [-0.3, -0.25) is 9.36 Å². The van der Waals surface area contributed by atoms with Gasteiger partial charge in [0.25, 0.3) is 0 Å². The molecule has 0 radical (unpaired) electrons. The second-order valence-electron chi connectivity index (χ2n) is 7.17. The first kappa shape index (κ1) is 19.1. The SMILES string of the molecule is C[C@H](CNC(=O)CCc1c[nH]c2ccccc12)c1nc2ccccc2n1C(F)F. The van der Waals surface area contributed by atoms with Crippen LogP contribution in [0.15, 0.2) is 54.7 Å². The zero-order chi connectivity index (χ0) is 20.4. The normalized spacial score (nSPS) is 12.7. The molecule has 0 fully saturated rings. The van der Waals surface area contributed by atoms with Crippen molar-refractivity contribution < 1.29 is 13.6 Å². The van der Waals surface area contributed by atoms with Gasteiger partial charge in [-0.1, -0.05) is 37.3 Å². The number of aryl methyl sites for hydroxylation is 1. The first-order chi connectivity index (χ1) is 14.0. The van der Waals surface area contributed by atoms with E-state index in [0.717, 1.165) is 21.0 Å². The molecule has 7 heteroatoms. The van der Waals surface area contributed by atoms with E-state index in [1.807, 2.05) is 30.5 Å². The van der Waals surface area contributed by atoms with Crippen LogP contribution in [0.2, 0.25) is 0 Å². The molecule has 1 atom stereocenters. The number of alkyl halides is 2. The maximum absolute atomic E-state index is 13.6. The molecule has 150 valence electrons. The van der Waals surface area contributed by atoms with Crippen molar-refractivity contribution in [1.82, 2.24) is 19.9 Å². The molecular formula is C22H22F2N4O. The summed E-state index contributed by atoms with van der Waals surface area (Å²) in [5.74, 6) is -0.173. The fourth-order valence-electron chi connectivity index (χ4n) is 3.65. The van der Waals surface area contributed by atoms with Gasteiger partial charge in [-0.15, -0.1) is 0 Å². The van der Waals surface area contributed by atoms with E-state index >= 15 is 0 Å². The number of rotatable bonds is 7. The van der Waals surface area contributed by atoms with Crippen LogP contribution in [0.25, 0.3) is 21.9 Å². The third-order valence-corrected chi connectivity index (χ3v) is 5.16. The van der Waals surface area contributed by atoms with Gasteiger partial charge in [0.15, 0.2) is 0 Å². The number of aromatic amines is 1. The Morgan fingerprint density at radius 3 is 2.76 bits per heavy atom. The number of imidazole rings is 1. The number of aromatic nitrogens is 3. The van der Waals surface area contributed by atoms with E-state index in [2.05, 4.69) is 15.3 Å². The minimum Gasteiger partial charge on any atom is -0.361 e. The van der Waals surface area contributed by atoms with E-state index in [9.17, 15) is 13.6 Å². The highest BCUT2D eigenvalue weighted by Gasteiger charge is 2.22. The monoisotopic (exact) mass is 396 g/mol. The maximum atomic E-state index is 13.6. The molecule has 0 saturated heterocycles. The van der Waals surface area contributed by atoms with Crippen LogP contribution in [0.5, 0.6) is 0 Å². The summed E-state index contributed by atoms with van der Waals surface area (Å²) in [6.45, 7) is -0.638. The first-order valence-electron chi connectivity index (χ1n) is 9.61. The number of H-pyrrole nitrogens is 1. The maximum Gasteiger partial charge on any atom is 0.320 e. The van der Waals surface area contributed by atoms with Crippen molar-refractivity contribution in [2.24, 2.45) is 0 Å². The standard InChI is InChI=1S/C22H22F2N4O/c1-14(21-27-18-8-4-5-9-19(18)28(21)22(23)24)12-26-20(29)11-10-15-13-25-17-7-3-2-6-16(15)17/h2-9,13-14,22,25H,10-12H2,1H3,(H,26,29)/t14-/m1/s1. The molecule has 0 spiro atoms. The molecule has 2 aromatic heterocycles. The number of nitrogens with one attached hydrogen (secondary N) is 2. The lowest BCUT2D eigenvalue weighted by Crippen LogP contribution is -2.28. The summed E-state index contributed by atoms with van der Waals surface area (Å²) in [7, 11) is 0. The van der Waals surface area contributed by atoms with Crippen LogP contribution in [0.3, 0.4) is 0 Å². The fourth-order valence-corrected chi connectivity index (χ4v) is 3.65. The molecule has 2 heterocycles. The zero-order valence-electron chi connectivity index (χ0n) is 16.0. The Morgan fingerprint density at radius 2 is 1.93 bits per heavy atom. The molecular weight excluding hydrogens is 374 g/mol. The van der Waals surface area contributed by atoms with Gasteiger partial charge in [0, 0.05) is 36.0 Å². The van der Waals surface area contributed by atoms with Crippen LogP contribution in [-0.2, 0) is 11.2 Å². The molecule has 0 saturated carbocycles. The van der Waals surface area contributed by atoms with E-state index in [1.165, 1.54) is 0 Å². The minimum absolute atomic E-state index is 0.109. The molecule has 4 rings (SSSR count). The van der Waals surface area contributed by atoms with Gasteiger partial charge in [-0.2, -0.15) is 8.78 Å². The van der Waals surface area contributed by atoms with Crippen molar-refractivity contribution in [3.63, 3.8) is 0 Å². The zero-order valence-corrected chi connectivity index (χ0v) is 16.0. The largest absolute Gasteiger partial charge is 0.361 e. The topological polar surface area (TPSA) is 62.7 Å². The summed E-state index contributed by atoms with van der Waals surface area (Å²) in [4.78, 5) is 19.9. The van der Waals surface area contributed by atoms with E-state index in [1.54, 1.807) is 31.2 Å². The van der Waals surface area contributed by atoms with Crippen LogP contribution >= 0.6 is 0 Å². The predicted octanol–water partition coefficient (Wildman–Crippen LogP) is 4.77. The summed E-state index contributed by atoms with van der Waals surface area (Å²) in [5, 5.41) is 3.97. The van der Waals surface area contributed by atoms with Crippen LogP contribution in [-0.4, -0.2) is 27.0 Å². The lowest BCUT2D eigenvalue weighted by Gasteiger charge is -2.15. The van der Waals surface area contributed by atoms with Gasteiger partial charge in [0.1, 0.15) is 5.82 Å². The van der Waals surface area contributed by atoms with E-state index in [-0.39, 0.29) is 24.2 Å². The minimum atomic E-state index is -2.68. The summed E-state index contributed by atoms with van der Waals surface area (Å²) in [6.07, 6.45) is 2.87. The Morgan fingerprint density at radius 1 is 1.17 bits per heavy atom. The molecule has 1 amide bonds. The van der Waals surface area contributed by atoms with Crippen molar-refractivity contribution in [3.05, 3.63) is 66.1 Å². The predicted molar refractivity (Wildman–Crippen MR) is 109 cm³/mol. The summed E-state index contributed by atoms with van der Waals surface area (Å²) < 4.78 is 28.1. The molecule has 29 heavy (non-hydrogen) atoms. The second kappa shape index (κ2) is 8.03. The van der Waals surface area contributed by atoms with Crippen LogP contribution in [0.1, 0.15) is 37.2 Å². The van der Waals surface area contributed by atoms with Gasteiger partial charge < -0.3 is 10.3 Å². The molecule has 5 nitrogen and oxygen atoms in total. The number of para-hydroxylation sites is 3. The molecule has 2 N–H and O–H groups in total. The smallest absolute Gasteiger partial charge is 0.320 e. The molecule has 0 aliphatic carbocycles. The highest BCUT2D eigenvalue weighted by Crippen LogP contribution is 2.27. The van der Waals surface area contributed by atoms with E-state index in [0.29, 0.717) is 23.9 Å². The quantitative estimate of drug-likeness (QED) is 0.473. The van der Waals surface area contributed by atoms with E-state index < -0.39 is 6.55 Å². The molecule has 2 aromatic carbocycles. The third-order valence-electron chi connectivity index (χ3n) is 5.16. The second-order valence-corrected chi connectivity index (χ2v) is 7.17. The number of nitrogens with zero attached hydrogens (tertiary/aromatic N) is 2. The van der Waals surface area contributed by atoms with Gasteiger partial charge in [0.05, 0.1) is 11.0 Å². The first-order valence-corrected chi connectivity index (χ1v) is 9.61. The van der Waals surface area contributed by atoms with Crippen LogP contribution in [0, 0.1) is 0 Å². The van der Waals surface area contributed by atoms with Gasteiger partial charge in [-0.25, -0.2) is 4.98 Å². The van der Waals surface area contributed by atoms with E-state index in [4.69, 9.17) is 0 Å². The number of carbonyl (C=O) groups excluding carboxylic acids is 1. The number of hydrogen-bond acceptors (Lipinski definition) is 2. The molecule has 0 unspecified atom stereocenters. The summed E-state index contributed by atoms with van der Waals surface area (Å²) in [6, 6.07) is 14.8. The Kier molecular flexibility index (Phi) is 5.29. The highest BCUT2D eigenvalue weighted by atomic mass is 19.3. The molecule has 0 aliphatic rings. The number of fused-ring (bicyclic) bond motifs is 2. The average Bonchev–Trinajstić information content (AvgIpc) is 3.32. The Hall–Kier alpha value is -3.22. The highest BCUT2D eigenvalue weighted by molar-refractivity contribution is 5.84. The van der Waals surface area contributed by atoms with Gasteiger partial charge >= 0.3 is 6.55 Å². The van der Waals surface area contributed by atoms with Gasteiger partial charge in [0.2, 0.25) is 5.91 Å². The van der Waals surface area contributed by atoms with Crippen molar-refractivity contribution in [1.29, 1.82) is 0 Å². The average molecular weight is 396 g/mol. The van der Waals surface area contributed by atoms with Crippen LogP contribution < -0.4 is 5.32 Å². The lowest BCUT2D eigenvalue weighted by atomic mass is 10.1. The fraction of sp³-hybridized carbons (Fsp3) is 0.273. The Balaban J connectivity index is 1.39. The van der Waals surface area contributed by atoms with Crippen molar-refractivity contribution >= 4 is 27.8 Å². The number of hydrogen-bond donors (Lipinski definition) is 2. The Labute approximate surface area is 166 Å². The lowest BCUT2D eigenvalue weighted by molar-refractivity contribution is -0.121. The molecule has 0 bridgehead atoms. The summed E-state index contributed by atoms with van der Waals surface area (Å²) >= 11 is 0. The number of benzene rings is 2. The molecule has 0 aliphatic heterocycles. The van der Waals surface area contributed by atoms with Crippen LogP contribution in [0.4, 0.5) is 8.78 Å².